The van der Waals surface area contributed by atoms with Crippen LogP contribution in [0.2, 0.25) is 0 Å². The lowest BCUT2D eigenvalue weighted by atomic mass is 9.98. The molecular weight excluding hydrogens is 755 g/mol. The minimum absolute atomic E-state index is 0.522. The second kappa shape index (κ2) is 17.2. The molecule has 0 fully saturated rings. The maximum absolute atomic E-state index is 5.27. The fourth-order valence-corrected chi connectivity index (χ4v) is 8.74. The molecule has 0 atom stereocenters. The van der Waals surface area contributed by atoms with Crippen molar-refractivity contribution in [1.82, 2.24) is 15.0 Å². The molecule has 9 rings (SSSR count). The van der Waals surface area contributed by atoms with E-state index >= 15 is 0 Å². The highest BCUT2D eigenvalue weighted by atomic mass is 15.3. The van der Waals surface area contributed by atoms with E-state index in [1.165, 1.54) is 44.8 Å². The summed E-state index contributed by atoms with van der Waals surface area (Å²) in [6.45, 7) is 13.2. The second-order valence-corrected chi connectivity index (χ2v) is 16.2. The number of aromatic nitrogens is 3. The third-order valence-corrected chi connectivity index (χ3v) is 11.4. The number of hydrogen-bond acceptors (Lipinski definition) is 5. The Balaban J connectivity index is 1.21. The van der Waals surface area contributed by atoms with Crippen LogP contribution in [0.3, 0.4) is 0 Å². The van der Waals surface area contributed by atoms with Gasteiger partial charge in [0.2, 0.25) is 5.95 Å². The molecule has 62 heavy (non-hydrogen) atoms. The van der Waals surface area contributed by atoms with Gasteiger partial charge in [-0.3, -0.25) is 4.90 Å². The van der Waals surface area contributed by atoms with Crippen molar-refractivity contribution < 1.29 is 0 Å². The van der Waals surface area contributed by atoms with Crippen molar-refractivity contribution >= 4 is 34.4 Å². The van der Waals surface area contributed by atoms with Crippen LogP contribution in [0, 0.1) is 41.5 Å². The molecule has 1 aromatic heterocycles. The maximum atomic E-state index is 5.27. The van der Waals surface area contributed by atoms with Crippen LogP contribution >= 0.6 is 0 Å². The molecule has 0 aliphatic carbocycles. The second-order valence-electron chi connectivity index (χ2n) is 16.2. The molecule has 0 N–H and O–H groups in total. The van der Waals surface area contributed by atoms with Crippen molar-refractivity contribution in [2.24, 2.45) is 0 Å². The smallest absolute Gasteiger partial charge is 0.238 e. The van der Waals surface area contributed by atoms with Gasteiger partial charge >= 0.3 is 0 Å². The first-order valence-electron chi connectivity index (χ1n) is 21.2. The summed E-state index contributed by atoms with van der Waals surface area (Å²) in [5.74, 6) is 1.72. The van der Waals surface area contributed by atoms with Gasteiger partial charge in [-0.15, -0.1) is 0 Å². The van der Waals surface area contributed by atoms with Crippen LogP contribution in [0.15, 0.2) is 188 Å². The summed E-state index contributed by atoms with van der Waals surface area (Å²) in [7, 11) is 0. The number of aryl methyl sites for hydroxylation is 6. The summed E-state index contributed by atoms with van der Waals surface area (Å²) >= 11 is 0. The van der Waals surface area contributed by atoms with E-state index in [0.29, 0.717) is 17.6 Å². The molecule has 1 heterocycles. The third kappa shape index (κ3) is 8.13. The molecule has 0 unspecified atom stereocenters. The van der Waals surface area contributed by atoms with E-state index in [-0.39, 0.29) is 0 Å². The molecule has 9 aromatic rings. The SMILES string of the molecule is Cc1cc(C)c(N(c2ccc(N(c3ccc(-c4ccccc4)cc3)c3nc(-c4ccccc4)nc(-c4ccc(-c5ccccc5)cc4)n3)cc2)c2c(C)cc(C)cc2C)c(C)c1. The Bertz CT molecular complexity index is 2880. The molecule has 302 valence electrons. The van der Waals surface area contributed by atoms with Crippen LogP contribution in [-0.4, -0.2) is 15.0 Å². The summed E-state index contributed by atoms with van der Waals surface area (Å²) in [5, 5.41) is 0. The predicted octanol–water partition coefficient (Wildman–Crippen LogP) is 15.3. The van der Waals surface area contributed by atoms with E-state index in [9.17, 15) is 0 Å². The minimum Gasteiger partial charge on any atom is -0.309 e. The molecule has 0 radical (unpaired) electrons. The highest BCUT2D eigenvalue weighted by Crippen LogP contribution is 2.44. The Morgan fingerprint density at radius 2 is 0.581 bits per heavy atom. The quantitative estimate of drug-likeness (QED) is 0.138. The minimum atomic E-state index is 0.522. The highest BCUT2D eigenvalue weighted by Gasteiger charge is 2.24. The van der Waals surface area contributed by atoms with Gasteiger partial charge in [-0.1, -0.05) is 163 Å². The van der Waals surface area contributed by atoms with E-state index < -0.39 is 0 Å². The first-order valence-corrected chi connectivity index (χ1v) is 21.2. The number of anilines is 6. The van der Waals surface area contributed by atoms with Crippen molar-refractivity contribution in [3.05, 3.63) is 221 Å². The highest BCUT2D eigenvalue weighted by molar-refractivity contribution is 5.86. The third-order valence-electron chi connectivity index (χ3n) is 11.4. The molecule has 0 saturated carbocycles. The largest absolute Gasteiger partial charge is 0.309 e. The van der Waals surface area contributed by atoms with E-state index in [0.717, 1.165) is 50.4 Å². The normalized spacial score (nSPS) is 11.1. The topological polar surface area (TPSA) is 45.2 Å². The van der Waals surface area contributed by atoms with E-state index in [2.05, 4.69) is 197 Å². The van der Waals surface area contributed by atoms with Crippen molar-refractivity contribution in [1.29, 1.82) is 0 Å². The Labute approximate surface area is 365 Å². The van der Waals surface area contributed by atoms with Gasteiger partial charge in [0.25, 0.3) is 0 Å². The lowest BCUT2D eigenvalue weighted by Crippen LogP contribution is -2.17. The molecular formula is C57H49N5. The molecule has 5 nitrogen and oxygen atoms in total. The Kier molecular flexibility index (Phi) is 11.0. The molecule has 0 bridgehead atoms. The van der Waals surface area contributed by atoms with E-state index in [4.69, 9.17) is 15.0 Å². The standard InChI is InChI=1S/C57H49N5/c1-38-34-40(3)53(41(4)35-38)62(54-42(5)36-39(2)37-43(54)6)52-32-30-51(31-33-52)61(50-28-26-47(27-29-50)45-18-12-8-13-19-45)57-59-55(48-20-14-9-15-21-48)58-56(60-57)49-24-22-46(23-25-49)44-16-10-7-11-17-44/h7-37H,1-6H3. The monoisotopic (exact) mass is 803 g/mol. The fourth-order valence-electron chi connectivity index (χ4n) is 8.74. The summed E-state index contributed by atoms with van der Waals surface area (Å²) in [6, 6.07) is 66.1. The van der Waals surface area contributed by atoms with Gasteiger partial charge in [-0.25, -0.2) is 4.98 Å². The molecule has 8 aromatic carbocycles. The maximum Gasteiger partial charge on any atom is 0.238 e. The number of hydrogen-bond donors (Lipinski definition) is 0. The van der Waals surface area contributed by atoms with Crippen molar-refractivity contribution in [3.63, 3.8) is 0 Å². The van der Waals surface area contributed by atoms with Crippen molar-refractivity contribution in [3.8, 4) is 45.0 Å². The Morgan fingerprint density at radius 1 is 0.290 bits per heavy atom. The lowest BCUT2D eigenvalue weighted by Gasteiger charge is -2.32. The average molecular weight is 804 g/mol. The van der Waals surface area contributed by atoms with Crippen LogP contribution in [0.1, 0.15) is 33.4 Å². The molecule has 0 saturated heterocycles. The summed E-state index contributed by atoms with van der Waals surface area (Å²) in [6.07, 6.45) is 0. The molecule has 0 aliphatic heterocycles. The first-order chi connectivity index (χ1) is 30.2. The molecule has 5 heteroatoms. The Hall–Kier alpha value is -7.63. The number of benzene rings is 8. The average Bonchev–Trinajstić information content (AvgIpc) is 3.29. The zero-order valence-electron chi connectivity index (χ0n) is 36.1. The van der Waals surface area contributed by atoms with Gasteiger partial charge in [-0.05, 0) is 122 Å². The summed E-state index contributed by atoms with van der Waals surface area (Å²) in [4.78, 5) is 20.2. The van der Waals surface area contributed by atoms with Gasteiger partial charge in [0, 0.05) is 28.2 Å². The van der Waals surface area contributed by atoms with E-state index in [1.807, 2.05) is 42.5 Å². The lowest BCUT2D eigenvalue weighted by molar-refractivity contribution is 1.02. The van der Waals surface area contributed by atoms with E-state index in [1.54, 1.807) is 0 Å². The molecule has 0 amide bonds. The number of nitrogens with zero attached hydrogens (tertiary/aromatic N) is 5. The van der Waals surface area contributed by atoms with Crippen molar-refractivity contribution in [2.45, 2.75) is 41.5 Å². The van der Waals surface area contributed by atoms with Gasteiger partial charge in [0.15, 0.2) is 11.6 Å². The summed E-state index contributed by atoms with van der Waals surface area (Å²) < 4.78 is 0. The fraction of sp³-hybridized carbons (Fsp3) is 0.105. The molecule has 0 spiro atoms. The summed E-state index contributed by atoms with van der Waals surface area (Å²) in [5.41, 5.74) is 19.1. The van der Waals surface area contributed by atoms with Gasteiger partial charge < -0.3 is 4.90 Å². The van der Waals surface area contributed by atoms with Gasteiger partial charge in [-0.2, -0.15) is 9.97 Å². The van der Waals surface area contributed by atoms with Crippen LogP contribution in [0.5, 0.6) is 0 Å². The predicted molar refractivity (Wildman–Crippen MR) is 259 cm³/mol. The van der Waals surface area contributed by atoms with Crippen LogP contribution in [0.4, 0.5) is 34.4 Å². The van der Waals surface area contributed by atoms with Crippen LogP contribution in [-0.2, 0) is 0 Å². The zero-order chi connectivity index (χ0) is 42.7. The van der Waals surface area contributed by atoms with Crippen molar-refractivity contribution in [2.75, 3.05) is 9.80 Å². The van der Waals surface area contributed by atoms with Crippen LogP contribution in [0.25, 0.3) is 45.0 Å². The number of rotatable bonds is 10. The first kappa shape index (κ1) is 39.8. The van der Waals surface area contributed by atoms with Gasteiger partial charge in [0.05, 0.1) is 11.4 Å². The van der Waals surface area contributed by atoms with Crippen LogP contribution < -0.4 is 9.80 Å². The molecule has 0 aliphatic rings. The van der Waals surface area contributed by atoms with Gasteiger partial charge in [0.1, 0.15) is 0 Å². The zero-order valence-corrected chi connectivity index (χ0v) is 36.1. The Morgan fingerprint density at radius 3 is 0.984 bits per heavy atom.